The van der Waals surface area contributed by atoms with Gasteiger partial charge in [-0.25, -0.2) is 12.2 Å². The van der Waals surface area contributed by atoms with Crippen molar-refractivity contribution in [1.29, 1.82) is 0 Å². The van der Waals surface area contributed by atoms with Crippen molar-refractivity contribution in [3.63, 3.8) is 0 Å². The van der Waals surface area contributed by atoms with Crippen LogP contribution in [-0.2, 0) is 23.4 Å². The second-order valence-electron chi connectivity index (χ2n) is 0.783. The van der Waals surface area contributed by atoms with E-state index in [9.17, 15) is 4.79 Å². The third-order valence-electron chi connectivity index (χ3n) is 0.227. The molecule has 0 rings (SSSR count). The first-order valence-corrected chi connectivity index (χ1v) is 1.82. The van der Waals surface area contributed by atoms with Crippen LogP contribution in [0.2, 0.25) is 0 Å². The quantitative estimate of drug-likeness (QED) is 0.325. The Balaban J connectivity index is 0. The first-order chi connectivity index (χ1) is 2.77. The number of nitrogens with one attached hydrogen (secondary N) is 1. The monoisotopic (exact) mass is 153 g/mol. The Bertz CT molecular complexity index is 75.3. The normalized spacial score (nSPS) is 5.86. The predicted octanol–water partition coefficient (Wildman–Crippen LogP) is -0.0458. The SMILES string of the molecule is CC(=O)N[C-]=S.[V]. The minimum atomic E-state index is -0.176. The van der Waals surface area contributed by atoms with Crippen LogP contribution >= 0.6 is 12.2 Å². The number of carbonyl (C=O) groups excluding carboxylic acids is 1. The van der Waals surface area contributed by atoms with E-state index in [4.69, 9.17) is 0 Å². The summed E-state index contributed by atoms with van der Waals surface area (Å²) in [6.45, 7) is 1.37. The summed E-state index contributed by atoms with van der Waals surface area (Å²) in [6.07, 6.45) is 0. The maximum Gasteiger partial charge on any atom is 0.0656 e. The molecule has 2 nitrogen and oxygen atoms in total. The number of amides is 1. The zero-order valence-electron chi connectivity index (χ0n) is 3.76. The van der Waals surface area contributed by atoms with E-state index in [0.29, 0.717) is 0 Å². The Morgan fingerprint density at radius 1 is 1.86 bits per heavy atom. The van der Waals surface area contributed by atoms with E-state index < -0.39 is 0 Å². The molecule has 1 amide bonds. The van der Waals surface area contributed by atoms with Crippen LogP contribution in [0.15, 0.2) is 0 Å². The van der Waals surface area contributed by atoms with Crippen molar-refractivity contribution in [3.8, 4) is 0 Å². The smallest absolute Gasteiger partial charge is 0.0656 e. The molecule has 39 valence electrons. The van der Waals surface area contributed by atoms with Gasteiger partial charge in [0.2, 0.25) is 0 Å². The summed E-state index contributed by atoms with van der Waals surface area (Å²) < 4.78 is 0. The first-order valence-electron chi connectivity index (χ1n) is 1.41. The van der Waals surface area contributed by atoms with Crippen LogP contribution in [0.1, 0.15) is 6.92 Å². The van der Waals surface area contributed by atoms with E-state index in [0.717, 1.165) is 0 Å². The Morgan fingerprint density at radius 2 is 2.29 bits per heavy atom. The Morgan fingerprint density at radius 3 is 2.29 bits per heavy atom. The third-order valence-corrected chi connectivity index (χ3v) is 0.329. The molecule has 0 atom stereocenters. The van der Waals surface area contributed by atoms with E-state index in [1.807, 2.05) is 0 Å². The van der Waals surface area contributed by atoms with Gasteiger partial charge in [0.1, 0.15) is 0 Å². The number of hydrogen-bond donors (Lipinski definition) is 1. The minimum absolute atomic E-state index is 0. The van der Waals surface area contributed by atoms with Crippen molar-refractivity contribution in [1.82, 2.24) is 5.32 Å². The van der Waals surface area contributed by atoms with Gasteiger partial charge in [0.25, 0.3) is 0 Å². The van der Waals surface area contributed by atoms with Gasteiger partial charge in [0.15, 0.2) is 0 Å². The van der Waals surface area contributed by atoms with Crippen LogP contribution in [0, 0.1) is 0 Å². The number of rotatable bonds is 1. The van der Waals surface area contributed by atoms with Crippen LogP contribution in [0.25, 0.3) is 0 Å². The van der Waals surface area contributed by atoms with Crippen LogP contribution < -0.4 is 5.32 Å². The summed E-state index contributed by atoms with van der Waals surface area (Å²) in [5.74, 6) is -0.176. The maximum atomic E-state index is 9.80. The summed E-state index contributed by atoms with van der Waals surface area (Å²) >= 11 is 4.15. The van der Waals surface area contributed by atoms with Gasteiger partial charge in [-0.05, 0) is 0 Å². The molecule has 0 aliphatic carbocycles. The van der Waals surface area contributed by atoms with Gasteiger partial charge in [-0.1, -0.05) is 12.4 Å². The van der Waals surface area contributed by atoms with Crippen molar-refractivity contribution < 1.29 is 23.4 Å². The first kappa shape index (κ1) is 10.2. The predicted molar refractivity (Wildman–Crippen MR) is 26.4 cm³/mol. The van der Waals surface area contributed by atoms with E-state index in [-0.39, 0.29) is 24.5 Å². The molecule has 0 spiro atoms. The van der Waals surface area contributed by atoms with Crippen molar-refractivity contribution in [2.45, 2.75) is 6.92 Å². The molecule has 0 unspecified atom stereocenters. The molecule has 0 aromatic heterocycles. The molecular formula is C3H4NOSV-. The zero-order valence-corrected chi connectivity index (χ0v) is 5.98. The van der Waals surface area contributed by atoms with Crippen LogP contribution in [0.3, 0.4) is 0 Å². The molecule has 0 heterocycles. The average Bonchev–Trinajstić information content (AvgIpc) is 1.35. The van der Waals surface area contributed by atoms with Crippen LogP contribution in [-0.4, -0.2) is 11.4 Å². The van der Waals surface area contributed by atoms with E-state index in [2.05, 4.69) is 23.0 Å². The fourth-order valence-electron chi connectivity index (χ4n) is 0.0719. The third kappa shape index (κ3) is 10.7. The van der Waals surface area contributed by atoms with E-state index >= 15 is 0 Å². The Kier molecular flexibility index (Phi) is 8.95. The molecule has 4 heteroatoms. The molecule has 7 heavy (non-hydrogen) atoms. The summed E-state index contributed by atoms with van der Waals surface area (Å²) in [5.41, 5.74) is 2.05. The standard InChI is InChI=1S/C3H4NOS.V/c1-3(5)4-2-6;/h1H3,(H,4,5,6);/q-1;. The van der Waals surface area contributed by atoms with E-state index in [1.54, 1.807) is 0 Å². The number of hydrogen-bond acceptors (Lipinski definition) is 2. The largest absolute Gasteiger partial charge is 0.487 e. The van der Waals surface area contributed by atoms with Crippen molar-refractivity contribution in [3.05, 3.63) is 0 Å². The molecule has 0 fully saturated rings. The van der Waals surface area contributed by atoms with Gasteiger partial charge in [0.05, 0.1) is 5.91 Å². The Labute approximate surface area is 59.5 Å². The molecule has 0 aromatic rings. The van der Waals surface area contributed by atoms with Gasteiger partial charge in [-0.2, -0.15) is 0 Å². The summed E-state index contributed by atoms with van der Waals surface area (Å²) in [5, 5.41) is 2.13. The fourth-order valence-corrected chi connectivity index (χ4v) is 0.216. The van der Waals surface area contributed by atoms with E-state index in [1.165, 1.54) is 6.92 Å². The van der Waals surface area contributed by atoms with Gasteiger partial charge in [-0.3, -0.25) is 0 Å². The second-order valence-corrected chi connectivity index (χ2v) is 0.987. The van der Waals surface area contributed by atoms with Crippen molar-refractivity contribution in [2.24, 2.45) is 0 Å². The molecule has 1 radical (unpaired) electrons. The molecular weight excluding hydrogens is 149 g/mol. The van der Waals surface area contributed by atoms with Gasteiger partial charge >= 0.3 is 0 Å². The Hall–Kier alpha value is 0.144. The van der Waals surface area contributed by atoms with Crippen LogP contribution in [0.4, 0.5) is 0 Å². The second kappa shape index (κ2) is 6.14. The maximum absolute atomic E-state index is 9.80. The molecule has 1 N–H and O–H groups in total. The molecule has 0 saturated heterocycles. The molecule has 0 aliphatic rings. The molecule has 0 bridgehead atoms. The van der Waals surface area contributed by atoms with Gasteiger partial charge < -0.3 is 10.1 Å². The van der Waals surface area contributed by atoms with Crippen LogP contribution in [0.5, 0.6) is 0 Å². The van der Waals surface area contributed by atoms with Crippen molar-refractivity contribution in [2.75, 3.05) is 0 Å². The summed E-state index contributed by atoms with van der Waals surface area (Å²) in [4.78, 5) is 9.80. The molecule has 0 aliphatic heterocycles. The van der Waals surface area contributed by atoms with Gasteiger partial charge in [0, 0.05) is 18.6 Å². The fraction of sp³-hybridized carbons (Fsp3) is 0.333. The number of carbonyl (C=O) groups is 1. The van der Waals surface area contributed by atoms with Crippen molar-refractivity contribution >= 4 is 23.6 Å². The minimum Gasteiger partial charge on any atom is -0.487 e. The zero-order chi connectivity index (χ0) is 4.99. The molecule has 0 saturated carbocycles. The van der Waals surface area contributed by atoms with Gasteiger partial charge in [-0.15, -0.1) is 0 Å². The molecule has 0 aromatic carbocycles. The summed E-state index contributed by atoms with van der Waals surface area (Å²) in [7, 11) is 0. The average molecular weight is 153 g/mol. The number of thiocarbonyl (C=S) groups is 1. The summed E-state index contributed by atoms with van der Waals surface area (Å²) in [6, 6.07) is 0. The topological polar surface area (TPSA) is 29.1 Å².